The summed E-state index contributed by atoms with van der Waals surface area (Å²) in [7, 11) is -1.70. The van der Waals surface area contributed by atoms with E-state index in [1.165, 1.54) is 41.1 Å². The Labute approximate surface area is 203 Å². The van der Waals surface area contributed by atoms with Gasteiger partial charge in [0.25, 0.3) is 0 Å². The van der Waals surface area contributed by atoms with Crippen molar-refractivity contribution in [3.63, 3.8) is 0 Å². The van der Waals surface area contributed by atoms with Crippen LogP contribution in [0.1, 0.15) is 65.9 Å². The van der Waals surface area contributed by atoms with Crippen LogP contribution in [0.4, 0.5) is 0 Å². The van der Waals surface area contributed by atoms with Gasteiger partial charge in [0.05, 0.1) is 25.9 Å². The molecule has 0 aliphatic carbocycles. The molecular formula is C28H43BO3Si. The lowest BCUT2D eigenvalue weighted by molar-refractivity contribution is 0.00578. The van der Waals surface area contributed by atoms with Crippen LogP contribution in [0, 0.1) is 0 Å². The Balaban J connectivity index is 1.86. The zero-order valence-electron chi connectivity index (χ0n) is 22.1. The highest BCUT2D eigenvalue weighted by molar-refractivity contribution is 6.88. The molecule has 3 nitrogen and oxygen atoms in total. The van der Waals surface area contributed by atoms with Crippen LogP contribution in [0.25, 0.3) is 11.1 Å². The minimum atomic E-state index is -1.32. The first-order valence-electron chi connectivity index (χ1n) is 12.6. The summed E-state index contributed by atoms with van der Waals surface area (Å²) in [6.45, 7) is 19.2. The monoisotopic (exact) mass is 466 g/mol. The van der Waals surface area contributed by atoms with E-state index in [0.717, 1.165) is 18.5 Å². The quantitative estimate of drug-likeness (QED) is 0.304. The lowest BCUT2D eigenvalue weighted by Crippen LogP contribution is -2.41. The third-order valence-electron chi connectivity index (χ3n) is 7.04. The first-order valence-corrected chi connectivity index (χ1v) is 16.1. The number of ether oxygens (including phenoxy) is 1. The van der Waals surface area contributed by atoms with Gasteiger partial charge in [-0.3, -0.25) is 0 Å². The first kappa shape index (κ1) is 26.2. The summed E-state index contributed by atoms with van der Waals surface area (Å²) in [5, 5.41) is 1.48. The minimum Gasteiger partial charge on any atom is -0.399 e. The molecule has 0 N–H and O–H groups in total. The molecule has 2 aromatic carbocycles. The molecule has 0 saturated carbocycles. The van der Waals surface area contributed by atoms with E-state index in [9.17, 15) is 0 Å². The summed E-state index contributed by atoms with van der Waals surface area (Å²) in [5.41, 5.74) is 3.92. The van der Waals surface area contributed by atoms with Crippen LogP contribution in [0.2, 0.25) is 19.6 Å². The SMILES string of the molecule is CCCCCCOCc1cc(B2OC(C)(C)C(C)(C)O2)cc(-c2ccc([Si](C)(C)C)cc2)c1. The summed E-state index contributed by atoms with van der Waals surface area (Å²) >= 11 is 0. The Morgan fingerprint density at radius 1 is 0.818 bits per heavy atom. The molecule has 0 amide bonds. The van der Waals surface area contributed by atoms with E-state index in [2.05, 4.69) is 96.7 Å². The molecule has 1 aliphatic rings. The van der Waals surface area contributed by atoms with Crippen LogP contribution >= 0.6 is 0 Å². The average Bonchev–Trinajstić information content (AvgIpc) is 2.97. The second kappa shape index (κ2) is 10.5. The van der Waals surface area contributed by atoms with E-state index in [-0.39, 0.29) is 18.3 Å². The van der Waals surface area contributed by atoms with E-state index in [0.29, 0.717) is 6.61 Å². The zero-order chi connectivity index (χ0) is 24.3. The summed E-state index contributed by atoms with van der Waals surface area (Å²) in [4.78, 5) is 0. The molecule has 5 heteroatoms. The summed E-state index contributed by atoms with van der Waals surface area (Å²) in [6.07, 6.45) is 4.88. The maximum absolute atomic E-state index is 6.37. The van der Waals surface area contributed by atoms with Crippen molar-refractivity contribution in [2.75, 3.05) is 6.61 Å². The highest BCUT2D eigenvalue weighted by Crippen LogP contribution is 2.37. The topological polar surface area (TPSA) is 27.7 Å². The molecule has 0 unspecified atom stereocenters. The fraction of sp³-hybridized carbons (Fsp3) is 0.571. The van der Waals surface area contributed by atoms with Gasteiger partial charge in [0, 0.05) is 6.61 Å². The van der Waals surface area contributed by atoms with E-state index in [1.807, 2.05) is 0 Å². The van der Waals surface area contributed by atoms with Gasteiger partial charge in [-0.05, 0) is 62.3 Å². The molecule has 0 atom stereocenters. The largest absolute Gasteiger partial charge is 0.494 e. The van der Waals surface area contributed by atoms with E-state index in [1.54, 1.807) is 0 Å². The Hall–Kier alpha value is -1.40. The van der Waals surface area contributed by atoms with Crippen molar-refractivity contribution in [2.45, 2.75) is 97.8 Å². The maximum atomic E-state index is 6.37. The van der Waals surface area contributed by atoms with E-state index >= 15 is 0 Å². The smallest absolute Gasteiger partial charge is 0.399 e. The van der Waals surface area contributed by atoms with Crippen molar-refractivity contribution in [1.29, 1.82) is 0 Å². The fourth-order valence-electron chi connectivity index (χ4n) is 4.07. The van der Waals surface area contributed by atoms with Crippen LogP contribution in [0.5, 0.6) is 0 Å². The number of hydrogen-bond acceptors (Lipinski definition) is 3. The van der Waals surface area contributed by atoms with Crippen molar-refractivity contribution in [2.24, 2.45) is 0 Å². The number of rotatable bonds is 10. The summed E-state index contributed by atoms with van der Waals surface area (Å²) in [6, 6.07) is 15.8. The van der Waals surface area contributed by atoms with Gasteiger partial charge < -0.3 is 14.0 Å². The van der Waals surface area contributed by atoms with Gasteiger partial charge >= 0.3 is 7.12 Å². The van der Waals surface area contributed by atoms with Gasteiger partial charge in [-0.15, -0.1) is 0 Å². The minimum absolute atomic E-state index is 0.359. The molecule has 0 radical (unpaired) electrons. The number of hydrogen-bond donors (Lipinski definition) is 0. The number of benzene rings is 2. The summed E-state index contributed by atoms with van der Waals surface area (Å²) < 4.78 is 18.8. The fourth-order valence-corrected chi connectivity index (χ4v) is 5.23. The molecule has 1 saturated heterocycles. The second-order valence-electron chi connectivity index (χ2n) is 11.5. The molecule has 1 fully saturated rings. The predicted octanol–water partition coefficient (Wildman–Crippen LogP) is 6.29. The Bertz CT molecular complexity index is 900. The van der Waals surface area contributed by atoms with Gasteiger partial charge in [-0.2, -0.15) is 0 Å². The standard InChI is InChI=1S/C28H43BO3Si/c1-9-10-11-12-17-30-21-22-18-24(23-13-15-26(16-14-23)33(6,7)8)20-25(19-22)29-31-27(2,3)28(4,5)32-29/h13-16,18-20H,9-12,17,21H2,1-8H3. The van der Waals surface area contributed by atoms with Crippen LogP contribution in [-0.4, -0.2) is 33.0 Å². The normalized spacial score (nSPS) is 17.5. The van der Waals surface area contributed by atoms with E-state index < -0.39 is 8.07 Å². The molecule has 1 aliphatic heterocycles. The lowest BCUT2D eigenvalue weighted by atomic mass is 9.77. The molecular weight excluding hydrogens is 423 g/mol. The average molecular weight is 467 g/mol. The predicted molar refractivity (Wildman–Crippen MR) is 144 cm³/mol. The van der Waals surface area contributed by atoms with Gasteiger partial charge in [0.1, 0.15) is 0 Å². The molecule has 0 spiro atoms. The lowest BCUT2D eigenvalue weighted by Gasteiger charge is -2.32. The Morgan fingerprint density at radius 2 is 1.45 bits per heavy atom. The van der Waals surface area contributed by atoms with Crippen molar-refractivity contribution in [1.82, 2.24) is 0 Å². The van der Waals surface area contributed by atoms with Gasteiger partial charge in [0.15, 0.2) is 0 Å². The van der Waals surface area contributed by atoms with Crippen LogP contribution in [0.15, 0.2) is 42.5 Å². The second-order valence-corrected chi connectivity index (χ2v) is 16.6. The van der Waals surface area contributed by atoms with Gasteiger partial charge in [0.2, 0.25) is 0 Å². The first-order chi connectivity index (χ1) is 15.4. The Morgan fingerprint density at radius 3 is 2.03 bits per heavy atom. The molecule has 180 valence electrons. The third kappa shape index (κ3) is 6.60. The van der Waals surface area contributed by atoms with Crippen molar-refractivity contribution in [3.8, 4) is 11.1 Å². The molecule has 3 rings (SSSR count). The van der Waals surface area contributed by atoms with Crippen molar-refractivity contribution in [3.05, 3.63) is 48.0 Å². The molecule has 0 aromatic heterocycles. The van der Waals surface area contributed by atoms with Crippen molar-refractivity contribution < 1.29 is 14.0 Å². The van der Waals surface area contributed by atoms with Crippen LogP contribution in [-0.2, 0) is 20.7 Å². The molecule has 33 heavy (non-hydrogen) atoms. The Kier molecular flexibility index (Phi) is 8.32. The number of unbranched alkanes of at least 4 members (excludes halogenated alkanes) is 3. The highest BCUT2D eigenvalue weighted by Gasteiger charge is 2.51. The van der Waals surface area contributed by atoms with E-state index in [4.69, 9.17) is 14.0 Å². The third-order valence-corrected chi connectivity index (χ3v) is 9.10. The molecule has 2 aromatic rings. The zero-order valence-corrected chi connectivity index (χ0v) is 23.1. The van der Waals surface area contributed by atoms with Crippen LogP contribution < -0.4 is 10.6 Å². The van der Waals surface area contributed by atoms with Gasteiger partial charge in [-0.1, -0.05) is 87.4 Å². The molecule has 0 bridgehead atoms. The van der Waals surface area contributed by atoms with Crippen molar-refractivity contribution >= 4 is 25.8 Å². The molecule has 1 heterocycles. The van der Waals surface area contributed by atoms with Crippen LogP contribution in [0.3, 0.4) is 0 Å². The highest BCUT2D eigenvalue weighted by atomic mass is 28.3. The maximum Gasteiger partial charge on any atom is 0.494 e. The summed E-state index contributed by atoms with van der Waals surface area (Å²) in [5.74, 6) is 0. The van der Waals surface area contributed by atoms with Gasteiger partial charge in [-0.25, -0.2) is 0 Å².